The van der Waals surface area contributed by atoms with Gasteiger partial charge in [0, 0.05) is 34.4 Å². The van der Waals surface area contributed by atoms with Gasteiger partial charge >= 0.3 is 0 Å². The van der Waals surface area contributed by atoms with Crippen LogP contribution in [0.25, 0.3) is 21.8 Å². The second-order valence-corrected chi connectivity index (χ2v) is 9.62. The van der Waals surface area contributed by atoms with Crippen molar-refractivity contribution in [1.29, 1.82) is 0 Å². The summed E-state index contributed by atoms with van der Waals surface area (Å²) in [5.74, 6) is 1.84. The summed E-state index contributed by atoms with van der Waals surface area (Å²) in [6.07, 6.45) is 3.66. The number of nitrogens with one attached hydrogen (secondary N) is 2. The Labute approximate surface area is 191 Å². The number of aryl methyl sites for hydroxylation is 1. The summed E-state index contributed by atoms with van der Waals surface area (Å²) in [5.41, 5.74) is 3.69. The number of amides is 1. The molecule has 5 atom stereocenters. The molecule has 2 aromatic heterocycles. The largest absolute Gasteiger partial charge is 0.490 e. The first kappa shape index (κ1) is 20.2. The number of fused-ring (bicyclic) bond motifs is 3. The quantitative estimate of drug-likeness (QED) is 0.407. The van der Waals surface area contributed by atoms with E-state index in [0.29, 0.717) is 28.9 Å². The van der Waals surface area contributed by atoms with E-state index < -0.39 is 0 Å². The van der Waals surface area contributed by atoms with Gasteiger partial charge in [-0.05, 0) is 85.4 Å². The van der Waals surface area contributed by atoms with Crippen LogP contribution < -0.4 is 10.1 Å². The monoisotopic (exact) mass is 443 g/mol. The molecule has 2 aliphatic carbocycles. The van der Waals surface area contributed by atoms with Gasteiger partial charge in [-0.1, -0.05) is 13.0 Å². The Bertz CT molecular complexity index is 1370. The number of pyridine rings is 1. The van der Waals surface area contributed by atoms with Crippen LogP contribution in [0.15, 0.2) is 54.7 Å². The zero-order chi connectivity index (χ0) is 22.7. The zero-order valence-corrected chi connectivity index (χ0v) is 18.6. The molecule has 5 nitrogen and oxygen atoms in total. The Morgan fingerprint density at radius 2 is 1.97 bits per heavy atom. The molecular weight excluding hydrogens is 417 g/mol. The fourth-order valence-electron chi connectivity index (χ4n) is 5.84. The van der Waals surface area contributed by atoms with E-state index in [9.17, 15) is 9.18 Å². The van der Waals surface area contributed by atoms with Crippen LogP contribution in [0.2, 0.25) is 0 Å². The number of anilines is 1. The molecule has 0 spiro atoms. The van der Waals surface area contributed by atoms with Crippen LogP contribution in [0.3, 0.4) is 0 Å². The maximum atomic E-state index is 13.7. The van der Waals surface area contributed by atoms with Gasteiger partial charge in [-0.3, -0.25) is 9.78 Å². The summed E-state index contributed by atoms with van der Waals surface area (Å²) >= 11 is 0. The number of halogens is 1. The molecule has 1 unspecified atom stereocenters. The molecule has 0 aliphatic heterocycles. The third kappa shape index (κ3) is 3.63. The number of rotatable bonds is 5. The average molecular weight is 444 g/mol. The van der Waals surface area contributed by atoms with E-state index in [1.54, 1.807) is 12.3 Å². The smallest absolute Gasteiger partial charge is 0.227 e. The molecule has 2 fully saturated rings. The van der Waals surface area contributed by atoms with Gasteiger partial charge in [0.05, 0.1) is 11.6 Å². The molecule has 168 valence electrons. The molecule has 33 heavy (non-hydrogen) atoms. The molecule has 0 radical (unpaired) electrons. The lowest BCUT2D eigenvalue weighted by Crippen LogP contribution is -2.25. The number of aromatic nitrogens is 2. The van der Waals surface area contributed by atoms with E-state index in [0.717, 1.165) is 40.6 Å². The van der Waals surface area contributed by atoms with Crippen LogP contribution in [0.4, 0.5) is 10.1 Å². The van der Waals surface area contributed by atoms with Crippen molar-refractivity contribution >= 4 is 33.4 Å². The number of ether oxygens (including phenoxy) is 1. The van der Waals surface area contributed by atoms with Gasteiger partial charge in [0.2, 0.25) is 5.91 Å². The van der Waals surface area contributed by atoms with E-state index in [1.165, 1.54) is 12.1 Å². The first-order chi connectivity index (χ1) is 16.0. The number of carbonyl (C=O) groups excluding carboxylic acids is 1. The van der Waals surface area contributed by atoms with Gasteiger partial charge in [-0.25, -0.2) is 4.39 Å². The normalized spacial score (nSPS) is 24.6. The highest BCUT2D eigenvalue weighted by atomic mass is 19.1. The van der Waals surface area contributed by atoms with Crippen molar-refractivity contribution in [2.45, 2.75) is 32.8 Å². The van der Waals surface area contributed by atoms with Gasteiger partial charge in [0.15, 0.2) is 0 Å². The minimum absolute atomic E-state index is 0.0436. The summed E-state index contributed by atoms with van der Waals surface area (Å²) < 4.78 is 20.0. The first-order valence-electron chi connectivity index (χ1n) is 11.6. The van der Waals surface area contributed by atoms with Crippen LogP contribution in [-0.2, 0) is 4.79 Å². The number of nitrogens with zero attached hydrogens (tertiary/aromatic N) is 1. The van der Waals surface area contributed by atoms with Gasteiger partial charge in [0.25, 0.3) is 0 Å². The topological polar surface area (TPSA) is 67.0 Å². The second-order valence-electron chi connectivity index (χ2n) is 9.62. The molecule has 4 aromatic rings. The zero-order valence-electron chi connectivity index (χ0n) is 18.6. The summed E-state index contributed by atoms with van der Waals surface area (Å²) in [4.78, 5) is 20.5. The Kier molecular flexibility index (Phi) is 4.64. The van der Waals surface area contributed by atoms with Gasteiger partial charge < -0.3 is 15.0 Å². The van der Waals surface area contributed by atoms with E-state index in [2.05, 4.69) is 21.4 Å². The molecule has 2 saturated carbocycles. The predicted molar refractivity (Wildman–Crippen MR) is 127 cm³/mol. The van der Waals surface area contributed by atoms with Crippen LogP contribution >= 0.6 is 0 Å². The molecule has 2 N–H and O–H groups in total. The van der Waals surface area contributed by atoms with Crippen molar-refractivity contribution < 1.29 is 13.9 Å². The van der Waals surface area contributed by atoms with E-state index in [4.69, 9.17) is 4.74 Å². The lowest BCUT2D eigenvalue weighted by molar-refractivity contribution is -0.120. The minimum atomic E-state index is -0.292. The van der Waals surface area contributed by atoms with E-state index >= 15 is 0 Å². The number of hydrogen-bond acceptors (Lipinski definition) is 3. The number of benzene rings is 2. The Balaban J connectivity index is 1.08. The van der Waals surface area contributed by atoms with Crippen molar-refractivity contribution in [3.63, 3.8) is 0 Å². The van der Waals surface area contributed by atoms with E-state index in [-0.39, 0.29) is 23.7 Å². The number of hydrogen-bond donors (Lipinski definition) is 2. The van der Waals surface area contributed by atoms with Gasteiger partial charge in [0.1, 0.15) is 11.6 Å². The molecule has 2 aliphatic rings. The highest BCUT2D eigenvalue weighted by molar-refractivity contribution is 5.95. The van der Waals surface area contributed by atoms with Crippen LogP contribution in [0, 0.1) is 36.4 Å². The standard InChI is InChI=1S/C27H26FN3O2/c1-14-9-16-3-5-18(11-24(16)30-14)31-27(32)15(2)26-20-12-19(13-21(20)26)33-25-7-8-29-23-6-4-17(28)10-22(23)25/h3-11,15,19-21,26,30H,12-13H2,1-2H3,(H,31,32)/t15?,19-,20-,21+,26-. The molecule has 2 heterocycles. The SMILES string of the molecule is Cc1cc2ccc(NC(=O)C(C)[C@@H]3[C@@H]4C[C@@H](Oc5ccnc6ccc(F)cc56)C[C@@H]43)cc2[nH]1. The van der Waals surface area contributed by atoms with Gasteiger partial charge in [-0.15, -0.1) is 0 Å². The van der Waals surface area contributed by atoms with Crippen molar-refractivity contribution in [2.75, 3.05) is 5.32 Å². The molecule has 6 heteroatoms. The number of H-pyrrole nitrogens is 1. The summed E-state index contributed by atoms with van der Waals surface area (Å²) in [6, 6.07) is 14.5. The average Bonchev–Trinajstić information content (AvgIpc) is 3.10. The van der Waals surface area contributed by atoms with Crippen LogP contribution in [0.5, 0.6) is 5.75 Å². The Morgan fingerprint density at radius 3 is 2.79 bits per heavy atom. The van der Waals surface area contributed by atoms with E-state index in [1.807, 2.05) is 38.1 Å². The molecule has 6 rings (SSSR count). The highest BCUT2D eigenvalue weighted by Gasteiger charge is 2.59. The number of aromatic amines is 1. The molecule has 1 amide bonds. The molecule has 0 saturated heterocycles. The molecule has 0 bridgehead atoms. The Morgan fingerprint density at radius 1 is 1.15 bits per heavy atom. The maximum absolute atomic E-state index is 13.7. The predicted octanol–water partition coefficient (Wildman–Crippen LogP) is 5.84. The van der Waals surface area contributed by atoms with Crippen molar-refractivity contribution in [1.82, 2.24) is 9.97 Å². The second kappa shape index (κ2) is 7.58. The number of carbonyl (C=O) groups is 1. The lowest BCUT2D eigenvalue weighted by Gasteiger charge is -2.20. The summed E-state index contributed by atoms with van der Waals surface area (Å²) in [7, 11) is 0. The fourth-order valence-corrected chi connectivity index (χ4v) is 5.84. The third-order valence-corrected chi connectivity index (χ3v) is 7.44. The Hall–Kier alpha value is -3.41. The summed E-state index contributed by atoms with van der Waals surface area (Å²) in [5, 5.41) is 4.95. The van der Waals surface area contributed by atoms with Crippen molar-refractivity contribution in [2.24, 2.45) is 23.7 Å². The third-order valence-electron chi connectivity index (χ3n) is 7.44. The minimum Gasteiger partial charge on any atom is -0.490 e. The fraction of sp³-hybridized carbons (Fsp3) is 0.333. The van der Waals surface area contributed by atoms with Crippen LogP contribution in [-0.4, -0.2) is 22.0 Å². The summed E-state index contributed by atoms with van der Waals surface area (Å²) in [6.45, 7) is 4.06. The first-order valence-corrected chi connectivity index (χ1v) is 11.6. The molecular formula is C27H26FN3O2. The van der Waals surface area contributed by atoms with Gasteiger partial charge in [-0.2, -0.15) is 0 Å². The van der Waals surface area contributed by atoms with Crippen LogP contribution in [0.1, 0.15) is 25.5 Å². The molecule has 2 aromatic carbocycles. The van der Waals surface area contributed by atoms with Crippen molar-refractivity contribution in [3.05, 3.63) is 66.2 Å². The highest BCUT2D eigenvalue weighted by Crippen LogP contribution is 2.61. The maximum Gasteiger partial charge on any atom is 0.227 e. The van der Waals surface area contributed by atoms with Crippen molar-refractivity contribution in [3.8, 4) is 5.75 Å². The lowest BCUT2D eigenvalue weighted by atomic mass is 9.97.